The predicted octanol–water partition coefficient (Wildman–Crippen LogP) is 4.10. The Morgan fingerprint density at radius 1 is 1.23 bits per heavy atom. The van der Waals surface area contributed by atoms with Crippen molar-refractivity contribution in [1.82, 2.24) is 5.32 Å². The number of carbonyl (C=O) groups is 2. The minimum Gasteiger partial charge on any atom is -0.481 e. The van der Waals surface area contributed by atoms with Gasteiger partial charge < -0.3 is 15.2 Å². The molecule has 0 unspecified atom stereocenters. The van der Waals surface area contributed by atoms with Gasteiger partial charge in [-0.2, -0.15) is 0 Å². The van der Waals surface area contributed by atoms with E-state index in [2.05, 4.69) is 5.32 Å². The Hall–Kier alpha value is -1.66. The third kappa shape index (κ3) is 6.25. The van der Waals surface area contributed by atoms with Gasteiger partial charge in [0.2, 0.25) is 5.91 Å². The smallest absolute Gasteiger partial charge is 0.303 e. The summed E-state index contributed by atoms with van der Waals surface area (Å²) in [5, 5.41) is 11.5. The monoisotopic (exact) mass is 385 g/mol. The SMILES string of the molecule is O=C(O)CCCCCCCNC(=O)[C@@H]1CCO[C@H]1c1ccc(Cl)c(F)c1. The van der Waals surface area contributed by atoms with Crippen molar-refractivity contribution in [2.45, 2.75) is 51.0 Å². The quantitative estimate of drug-likeness (QED) is 0.594. The van der Waals surface area contributed by atoms with E-state index in [9.17, 15) is 14.0 Å². The average Bonchev–Trinajstić information content (AvgIpc) is 3.09. The van der Waals surface area contributed by atoms with Gasteiger partial charge in [-0.05, 0) is 37.0 Å². The van der Waals surface area contributed by atoms with Gasteiger partial charge in [-0.1, -0.05) is 36.9 Å². The predicted molar refractivity (Wildman–Crippen MR) is 96.6 cm³/mol. The van der Waals surface area contributed by atoms with Crippen LogP contribution in [0.4, 0.5) is 4.39 Å². The average molecular weight is 386 g/mol. The van der Waals surface area contributed by atoms with E-state index in [1.165, 1.54) is 12.1 Å². The summed E-state index contributed by atoms with van der Waals surface area (Å²) in [5.41, 5.74) is 0.628. The number of hydrogen-bond acceptors (Lipinski definition) is 3. The summed E-state index contributed by atoms with van der Waals surface area (Å²) in [6.07, 6.45) is 4.72. The second-order valence-electron chi connectivity index (χ2n) is 6.56. The molecule has 0 radical (unpaired) electrons. The van der Waals surface area contributed by atoms with Crippen molar-refractivity contribution in [1.29, 1.82) is 0 Å². The van der Waals surface area contributed by atoms with Crippen molar-refractivity contribution in [3.8, 4) is 0 Å². The van der Waals surface area contributed by atoms with Gasteiger partial charge in [-0.25, -0.2) is 4.39 Å². The van der Waals surface area contributed by atoms with Crippen LogP contribution in [0.1, 0.15) is 56.6 Å². The highest BCUT2D eigenvalue weighted by Gasteiger charge is 2.35. The van der Waals surface area contributed by atoms with E-state index in [0.717, 1.165) is 25.7 Å². The molecular weight excluding hydrogens is 361 g/mol. The van der Waals surface area contributed by atoms with Gasteiger partial charge in [0.25, 0.3) is 0 Å². The highest BCUT2D eigenvalue weighted by molar-refractivity contribution is 6.30. The minimum absolute atomic E-state index is 0.0519. The molecule has 1 aliphatic heterocycles. The highest BCUT2D eigenvalue weighted by Crippen LogP contribution is 2.35. The summed E-state index contributed by atoms with van der Waals surface area (Å²) < 4.78 is 19.3. The molecule has 1 aliphatic rings. The van der Waals surface area contributed by atoms with Crippen LogP contribution >= 0.6 is 11.6 Å². The third-order valence-corrected chi connectivity index (χ3v) is 4.87. The van der Waals surface area contributed by atoms with Gasteiger partial charge in [-0.15, -0.1) is 0 Å². The second kappa shape index (κ2) is 10.5. The van der Waals surface area contributed by atoms with E-state index in [1.54, 1.807) is 6.07 Å². The van der Waals surface area contributed by atoms with Crippen molar-refractivity contribution in [3.63, 3.8) is 0 Å². The van der Waals surface area contributed by atoms with Gasteiger partial charge >= 0.3 is 5.97 Å². The first-order valence-corrected chi connectivity index (χ1v) is 9.43. The van der Waals surface area contributed by atoms with Crippen LogP contribution in [0.2, 0.25) is 5.02 Å². The van der Waals surface area contributed by atoms with Crippen LogP contribution in [0.15, 0.2) is 18.2 Å². The maximum absolute atomic E-state index is 13.7. The molecule has 7 heteroatoms. The first kappa shape index (κ1) is 20.6. The van der Waals surface area contributed by atoms with Gasteiger partial charge in [0.05, 0.1) is 17.0 Å². The fourth-order valence-corrected chi connectivity index (χ4v) is 3.27. The van der Waals surface area contributed by atoms with Crippen LogP contribution in [-0.4, -0.2) is 30.1 Å². The molecule has 1 heterocycles. The number of unbranched alkanes of at least 4 members (excludes halogenated alkanes) is 4. The lowest BCUT2D eigenvalue weighted by Gasteiger charge is -2.19. The van der Waals surface area contributed by atoms with Crippen molar-refractivity contribution >= 4 is 23.5 Å². The first-order valence-electron chi connectivity index (χ1n) is 9.05. The fraction of sp³-hybridized carbons (Fsp3) is 0.579. The number of carboxylic acids is 1. The number of carbonyl (C=O) groups excluding carboxylic acids is 1. The van der Waals surface area contributed by atoms with Crippen molar-refractivity contribution < 1.29 is 23.8 Å². The fourth-order valence-electron chi connectivity index (χ4n) is 3.15. The summed E-state index contributed by atoms with van der Waals surface area (Å²) in [6.45, 7) is 1.05. The Bertz CT molecular complexity index is 626. The molecular formula is C19H25ClFNO4. The van der Waals surface area contributed by atoms with Crippen LogP contribution in [0, 0.1) is 11.7 Å². The molecule has 1 amide bonds. The van der Waals surface area contributed by atoms with Crippen LogP contribution < -0.4 is 5.32 Å². The summed E-state index contributed by atoms with van der Waals surface area (Å²) in [4.78, 5) is 22.8. The molecule has 0 spiro atoms. The lowest BCUT2D eigenvalue weighted by atomic mass is 9.94. The minimum atomic E-state index is -0.758. The standard InChI is InChI=1S/C19H25ClFNO4/c20-15-8-7-13(12-16(15)21)18-14(9-11-26-18)19(25)22-10-5-3-1-2-4-6-17(23)24/h7-8,12,14,18H,1-6,9-11H2,(H,22,25)(H,23,24)/t14-,18+/m1/s1. The van der Waals surface area contributed by atoms with Gasteiger partial charge in [0.1, 0.15) is 5.82 Å². The van der Waals surface area contributed by atoms with E-state index in [4.69, 9.17) is 21.4 Å². The number of halogens is 2. The summed E-state index contributed by atoms with van der Waals surface area (Å²) >= 11 is 5.71. The lowest BCUT2D eigenvalue weighted by Crippen LogP contribution is -2.33. The van der Waals surface area contributed by atoms with Crippen molar-refractivity contribution in [3.05, 3.63) is 34.6 Å². The number of nitrogens with one attached hydrogen (secondary N) is 1. The topological polar surface area (TPSA) is 75.6 Å². The molecule has 2 N–H and O–H groups in total. The Kier molecular flexibility index (Phi) is 8.32. The van der Waals surface area contributed by atoms with Gasteiger partial charge in [0, 0.05) is 19.6 Å². The van der Waals surface area contributed by atoms with Crippen LogP contribution in [0.3, 0.4) is 0 Å². The van der Waals surface area contributed by atoms with Crippen LogP contribution in [0.5, 0.6) is 0 Å². The zero-order valence-corrected chi connectivity index (χ0v) is 15.4. The molecule has 1 aromatic rings. The molecule has 2 rings (SSSR count). The Morgan fingerprint density at radius 2 is 1.96 bits per heavy atom. The van der Waals surface area contributed by atoms with Crippen molar-refractivity contribution in [2.24, 2.45) is 5.92 Å². The van der Waals surface area contributed by atoms with E-state index < -0.39 is 17.9 Å². The number of benzene rings is 1. The van der Waals surface area contributed by atoms with Gasteiger partial charge in [-0.3, -0.25) is 9.59 Å². The Balaban J connectivity index is 1.71. The van der Waals surface area contributed by atoms with Crippen LogP contribution in [0.25, 0.3) is 0 Å². The first-order chi connectivity index (χ1) is 12.5. The number of rotatable bonds is 10. The maximum Gasteiger partial charge on any atom is 0.303 e. The van der Waals surface area contributed by atoms with E-state index in [1.807, 2.05) is 0 Å². The molecule has 1 aromatic carbocycles. The zero-order chi connectivity index (χ0) is 18.9. The number of aliphatic carboxylic acids is 1. The number of carboxylic acid groups (broad SMARTS) is 1. The van der Waals surface area contributed by atoms with E-state index >= 15 is 0 Å². The number of amides is 1. The molecule has 1 fully saturated rings. The maximum atomic E-state index is 13.7. The zero-order valence-electron chi connectivity index (χ0n) is 14.7. The molecule has 0 aliphatic carbocycles. The largest absolute Gasteiger partial charge is 0.481 e. The molecule has 0 saturated carbocycles. The lowest BCUT2D eigenvalue weighted by molar-refractivity contribution is -0.137. The highest BCUT2D eigenvalue weighted by atomic mass is 35.5. The second-order valence-corrected chi connectivity index (χ2v) is 6.97. The molecule has 144 valence electrons. The van der Waals surface area contributed by atoms with E-state index in [0.29, 0.717) is 31.6 Å². The molecule has 2 atom stereocenters. The molecule has 26 heavy (non-hydrogen) atoms. The normalized spacial score (nSPS) is 19.5. The molecule has 1 saturated heterocycles. The molecule has 0 bridgehead atoms. The number of ether oxygens (including phenoxy) is 1. The summed E-state index contributed by atoms with van der Waals surface area (Å²) in [7, 11) is 0. The number of hydrogen-bond donors (Lipinski definition) is 2. The van der Waals surface area contributed by atoms with Crippen LogP contribution in [-0.2, 0) is 14.3 Å². The summed E-state index contributed by atoms with van der Waals surface area (Å²) in [5.74, 6) is -1.67. The summed E-state index contributed by atoms with van der Waals surface area (Å²) in [6, 6.07) is 4.50. The molecule has 0 aromatic heterocycles. The molecule has 5 nitrogen and oxygen atoms in total. The Labute approximate surface area is 157 Å². The van der Waals surface area contributed by atoms with E-state index in [-0.39, 0.29) is 23.3 Å². The Morgan fingerprint density at radius 3 is 2.69 bits per heavy atom. The van der Waals surface area contributed by atoms with Crippen molar-refractivity contribution in [2.75, 3.05) is 13.2 Å². The third-order valence-electron chi connectivity index (χ3n) is 4.57. The van der Waals surface area contributed by atoms with Gasteiger partial charge in [0.15, 0.2) is 0 Å².